The van der Waals surface area contributed by atoms with Crippen molar-refractivity contribution in [1.82, 2.24) is 9.78 Å². The number of hydrogen-bond acceptors (Lipinski definition) is 2. The Morgan fingerprint density at radius 3 is 2.81 bits per heavy atom. The minimum absolute atomic E-state index is 0.265. The quantitative estimate of drug-likeness (QED) is 0.858. The van der Waals surface area contributed by atoms with Crippen molar-refractivity contribution in [3.05, 3.63) is 53.6 Å². The Kier molecular flexibility index (Phi) is 3.01. The zero-order valence-electron chi connectivity index (χ0n) is 9.10. The van der Waals surface area contributed by atoms with E-state index < -0.39 is 0 Å². The van der Waals surface area contributed by atoms with Crippen molar-refractivity contribution < 1.29 is 4.39 Å². The summed E-state index contributed by atoms with van der Waals surface area (Å²) >= 11 is 0. The molecule has 0 amide bonds. The lowest BCUT2D eigenvalue weighted by Crippen LogP contribution is -2.19. The fraction of sp³-hybridized carbons (Fsp3) is 0.250. The second kappa shape index (κ2) is 4.45. The standard InChI is InChI=1S/C12H14FN3/c1-9-6-15-16(7-9)8-12(14)10-4-2-3-5-11(10)13/h2-7,12H,8,14H2,1H3. The van der Waals surface area contributed by atoms with Gasteiger partial charge in [0.25, 0.3) is 0 Å². The van der Waals surface area contributed by atoms with E-state index in [2.05, 4.69) is 5.10 Å². The molecule has 0 aliphatic rings. The lowest BCUT2D eigenvalue weighted by molar-refractivity contribution is 0.501. The molecule has 0 saturated heterocycles. The number of benzene rings is 1. The van der Waals surface area contributed by atoms with Crippen LogP contribution < -0.4 is 5.73 Å². The Morgan fingerprint density at radius 1 is 1.44 bits per heavy atom. The maximum Gasteiger partial charge on any atom is 0.128 e. The summed E-state index contributed by atoms with van der Waals surface area (Å²) in [5.41, 5.74) is 7.53. The fourth-order valence-corrected chi connectivity index (χ4v) is 1.64. The molecule has 0 radical (unpaired) electrons. The average Bonchev–Trinajstić information content (AvgIpc) is 2.64. The fourth-order valence-electron chi connectivity index (χ4n) is 1.64. The Balaban J connectivity index is 2.14. The van der Waals surface area contributed by atoms with Gasteiger partial charge >= 0.3 is 0 Å². The van der Waals surface area contributed by atoms with Crippen molar-refractivity contribution in [3.8, 4) is 0 Å². The molecular formula is C12H14FN3. The first-order valence-corrected chi connectivity index (χ1v) is 5.16. The average molecular weight is 219 g/mol. The Labute approximate surface area is 93.7 Å². The SMILES string of the molecule is Cc1cnn(CC(N)c2ccccc2F)c1. The lowest BCUT2D eigenvalue weighted by atomic mass is 10.1. The first-order valence-electron chi connectivity index (χ1n) is 5.16. The van der Waals surface area contributed by atoms with Crippen molar-refractivity contribution in [1.29, 1.82) is 0 Å². The van der Waals surface area contributed by atoms with Crippen molar-refractivity contribution >= 4 is 0 Å². The van der Waals surface area contributed by atoms with Crippen LogP contribution in [0.4, 0.5) is 4.39 Å². The number of nitrogens with zero attached hydrogens (tertiary/aromatic N) is 2. The van der Waals surface area contributed by atoms with Gasteiger partial charge in [0.1, 0.15) is 5.82 Å². The topological polar surface area (TPSA) is 43.8 Å². The zero-order chi connectivity index (χ0) is 11.5. The molecule has 0 aliphatic carbocycles. The third kappa shape index (κ3) is 2.28. The smallest absolute Gasteiger partial charge is 0.128 e. The van der Waals surface area contributed by atoms with E-state index in [1.165, 1.54) is 6.07 Å². The largest absolute Gasteiger partial charge is 0.322 e. The number of nitrogens with two attached hydrogens (primary N) is 1. The highest BCUT2D eigenvalue weighted by Gasteiger charge is 2.11. The van der Waals surface area contributed by atoms with Crippen molar-refractivity contribution in [2.24, 2.45) is 5.73 Å². The highest BCUT2D eigenvalue weighted by Crippen LogP contribution is 2.16. The minimum atomic E-state index is -0.375. The molecule has 1 atom stereocenters. The number of aryl methyl sites for hydroxylation is 1. The first-order chi connectivity index (χ1) is 7.66. The van der Waals surface area contributed by atoms with Gasteiger partial charge in [-0.15, -0.1) is 0 Å². The van der Waals surface area contributed by atoms with Crippen LogP contribution in [0, 0.1) is 12.7 Å². The van der Waals surface area contributed by atoms with Crippen molar-refractivity contribution in [2.45, 2.75) is 19.5 Å². The summed E-state index contributed by atoms with van der Waals surface area (Å²) in [7, 11) is 0. The van der Waals surface area contributed by atoms with E-state index in [0.29, 0.717) is 12.1 Å². The molecule has 1 unspecified atom stereocenters. The van der Waals surface area contributed by atoms with Crippen LogP contribution in [0.2, 0.25) is 0 Å². The number of rotatable bonds is 3. The van der Waals surface area contributed by atoms with Gasteiger partial charge in [0.05, 0.1) is 18.8 Å². The van der Waals surface area contributed by atoms with Crippen LogP contribution >= 0.6 is 0 Å². The second-order valence-electron chi connectivity index (χ2n) is 3.87. The number of hydrogen-bond donors (Lipinski definition) is 1. The van der Waals surface area contributed by atoms with Gasteiger partial charge in [0, 0.05) is 11.8 Å². The highest BCUT2D eigenvalue weighted by atomic mass is 19.1. The van der Waals surface area contributed by atoms with Gasteiger partial charge in [-0.3, -0.25) is 4.68 Å². The second-order valence-corrected chi connectivity index (χ2v) is 3.87. The first kappa shape index (κ1) is 10.8. The third-order valence-electron chi connectivity index (χ3n) is 2.45. The van der Waals surface area contributed by atoms with Gasteiger partial charge in [0.15, 0.2) is 0 Å². The Hall–Kier alpha value is -1.68. The van der Waals surface area contributed by atoms with Crippen LogP contribution in [0.25, 0.3) is 0 Å². The molecule has 1 heterocycles. The van der Waals surface area contributed by atoms with Gasteiger partial charge < -0.3 is 5.73 Å². The highest BCUT2D eigenvalue weighted by molar-refractivity contribution is 5.20. The van der Waals surface area contributed by atoms with Crippen LogP contribution in [0.15, 0.2) is 36.7 Å². The summed E-state index contributed by atoms with van der Waals surface area (Å²) < 4.78 is 15.2. The minimum Gasteiger partial charge on any atom is -0.322 e. The summed E-state index contributed by atoms with van der Waals surface area (Å²) in [6.07, 6.45) is 3.65. The van der Waals surface area contributed by atoms with Gasteiger partial charge in [-0.25, -0.2) is 4.39 Å². The maximum absolute atomic E-state index is 13.4. The molecule has 0 fully saturated rings. The van der Waals surface area contributed by atoms with E-state index in [1.807, 2.05) is 13.1 Å². The van der Waals surface area contributed by atoms with Crippen LogP contribution in [0.1, 0.15) is 17.2 Å². The Morgan fingerprint density at radius 2 is 2.19 bits per heavy atom. The summed E-state index contributed by atoms with van der Waals surface area (Å²) in [5, 5.41) is 4.13. The molecule has 2 N–H and O–H groups in total. The van der Waals surface area contributed by atoms with Crippen LogP contribution in [-0.4, -0.2) is 9.78 Å². The normalized spacial score (nSPS) is 12.7. The summed E-state index contributed by atoms with van der Waals surface area (Å²) in [6.45, 7) is 2.44. The summed E-state index contributed by atoms with van der Waals surface area (Å²) in [6, 6.07) is 6.19. The van der Waals surface area contributed by atoms with Crippen molar-refractivity contribution in [3.63, 3.8) is 0 Å². The predicted molar refractivity (Wildman–Crippen MR) is 60.3 cm³/mol. The molecule has 0 saturated carbocycles. The van der Waals surface area contributed by atoms with Gasteiger partial charge in [-0.05, 0) is 18.6 Å². The lowest BCUT2D eigenvalue weighted by Gasteiger charge is -2.12. The van der Waals surface area contributed by atoms with E-state index in [0.717, 1.165) is 5.56 Å². The molecule has 84 valence electrons. The number of aromatic nitrogens is 2. The summed E-state index contributed by atoms with van der Waals surface area (Å²) in [5.74, 6) is -0.265. The van der Waals surface area contributed by atoms with E-state index in [9.17, 15) is 4.39 Å². The maximum atomic E-state index is 13.4. The van der Waals surface area contributed by atoms with Gasteiger partial charge in [-0.1, -0.05) is 18.2 Å². The molecule has 0 spiro atoms. The van der Waals surface area contributed by atoms with Crippen LogP contribution in [0.3, 0.4) is 0 Å². The van der Waals surface area contributed by atoms with Crippen molar-refractivity contribution in [2.75, 3.05) is 0 Å². The molecule has 4 heteroatoms. The number of halogens is 1. The van der Waals surface area contributed by atoms with Gasteiger partial charge in [-0.2, -0.15) is 5.10 Å². The van der Waals surface area contributed by atoms with Gasteiger partial charge in [0.2, 0.25) is 0 Å². The van der Waals surface area contributed by atoms with E-state index in [1.54, 1.807) is 29.1 Å². The van der Waals surface area contributed by atoms with Crippen LogP contribution in [-0.2, 0) is 6.54 Å². The molecule has 16 heavy (non-hydrogen) atoms. The van der Waals surface area contributed by atoms with E-state index in [-0.39, 0.29) is 11.9 Å². The summed E-state index contributed by atoms with van der Waals surface area (Å²) in [4.78, 5) is 0. The molecule has 0 aliphatic heterocycles. The molecule has 0 bridgehead atoms. The van der Waals surface area contributed by atoms with E-state index >= 15 is 0 Å². The third-order valence-corrected chi connectivity index (χ3v) is 2.45. The molecule has 1 aromatic heterocycles. The molecule has 2 aromatic rings. The monoisotopic (exact) mass is 219 g/mol. The van der Waals surface area contributed by atoms with Crippen LogP contribution in [0.5, 0.6) is 0 Å². The molecular weight excluding hydrogens is 205 g/mol. The zero-order valence-corrected chi connectivity index (χ0v) is 9.10. The molecule has 2 rings (SSSR count). The Bertz CT molecular complexity index is 479. The molecule has 1 aromatic carbocycles. The predicted octanol–water partition coefficient (Wildman–Crippen LogP) is 2.03. The molecule has 3 nitrogen and oxygen atoms in total. The van der Waals surface area contributed by atoms with E-state index in [4.69, 9.17) is 5.73 Å².